The molecule has 0 aliphatic heterocycles. The van der Waals surface area contributed by atoms with Gasteiger partial charge in [0.25, 0.3) is 0 Å². The van der Waals surface area contributed by atoms with Crippen molar-refractivity contribution >= 4 is 21.4 Å². The van der Waals surface area contributed by atoms with Gasteiger partial charge in [-0.3, -0.25) is 0 Å². The van der Waals surface area contributed by atoms with Crippen LogP contribution in [-0.4, -0.2) is 7.05 Å². The number of halogens is 1. The minimum absolute atomic E-state index is 0.146. The van der Waals surface area contributed by atoms with Gasteiger partial charge in [0, 0.05) is 15.6 Å². The molecule has 1 heterocycles. The van der Waals surface area contributed by atoms with E-state index >= 15 is 0 Å². The molecule has 3 heteroatoms. The Morgan fingerprint density at radius 2 is 1.86 bits per heavy atom. The Morgan fingerprint density at radius 1 is 1.14 bits per heavy atom. The molecule has 0 amide bonds. The normalized spacial score (nSPS) is 27.9. The molecule has 3 rings (SSSR count). The molecular weight excluding hydrogens is 281 g/mol. The smallest absolute Gasteiger partial charge is 0.123 e. The zero-order valence-corrected chi connectivity index (χ0v) is 13.8. The predicted octanol–water partition coefficient (Wildman–Crippen LogP) is 5.37. The molecule has 1 saturated carbocycles. The van der Waals surface area contributed by atoms with Gasteiger partial charge in [0.05, 0.1) is 0 Å². The molecule has 3 unspecified atom stereocenters. The van der Waals surface area contributed by atoms with Crippen molar-refractivity contribution in [2.75, 3.05) is 7.05 Å². The minimum Gasteiger partial charge on any atom is -0.312 e. The topological polar surface area (TPSA) is 12.0 Å². The van der Waals surface area contributed by atoms with Gasteiger partial charge in [-0.25, -0.2) is 4.39 Å². The van der Waals surface area contributed by atoms with Crippen molar-refractivity contribution in [2.45, 2.75) is 39.2 Å². The van der Waals surface area contributed by atoms with Crippen LogP contribution < -0.4 is 5.32 Å². The van der Waals surface area contributed by atoms with Crippen LogP contribution in [0.15, 0.2) is 24.3 Å². The zero-order valence-electron chi connectivity index (χ0n) is 13.0. The number of fused-ring (bicyclic) bond motifs is 1. The van der Waals surface area contributed by atoms with Crippen LogP contribution in [0.2, 0.25) is 0 Å². The van der Waals surface area contributed by atoms with Crippen molar-refractivity contribution in [3.05, 3.63) is 35.0 Å². The lowest BCUT2D eigenvalue weighted by Gasteiger charge is -2.36. The highest BCUT2D eigenvalue weighted by Gasteiger charge is 2.31. The van der Waals surface area contributed by atoms with E-state index in [-0.39, 0.29) is 5.82 Å². The Balaban J connectivity index is 1.90. The van der Waals surface area contributed by atoms with Gasteiger partial charge in [0.1, 0.15) is 5.82 Å². The molecule has 0 bridgehead atoms. The van der Waals surface area contributed by atoms with E-state index in [1.807, 2.05) is 6.07 Å². The largest absolute Gasteiger partial charge is 0.312 e. The Kier molecular flexibility index (Phi) is 4.32. The van der Waals surface area contributed by atoms with Crippen LogP contribution in [0.5, 0.6) is 0 Å². The first-order valence-corrected chi connectivity index (χ1v) is 8.74. The van der Waals surface area contributed by atoms with E-state index in [9.17, 15) is 4.39 Å². The fraction of sp³-hybridized carbons (Fsp3) is 0.556. The third-order valence-corrected chi connectivity index (χ3v) is 6.00. The average molecular weight is 305 g/mol. The number of nitrogens with one attached hydrogen (secondary N) is 1. The molecule has 1 nitrogen and oxygen atoms in total. The SMILES string of the molecule is CNC(c1cc2cc(F)ccc2s1)C1CC(C)CC(C)C1. The van der Waals surface area contributed by atoms with Gasteiger partial charge in [0.2, 0.25) is 0 Å². The van der Waals surface area contributed by atoms with E-state index in [0.717, 1.165) is 17.2 Å². The van der Waals surface area contributed by atoms with Crippen molar-refractivity contribution < 1.29 is 4.39 Å². The van der Waals surface area contributed by atoms with Crippen LogP contribution >= 0.6 is 11.3 Å². The van der Waals surface area contributed by atoms with Crippen molar-refractivity contribution in [2.24, 2.45) is 17.8 Å². The Morgan fingerprint density at radius 3 is 2.52 bits per heavy atom. The highest BCUT2D eigenvalue weighted by atomic mass is 32.1. The van der Waals surface area contributed by atoms with E-state index in [4.69, 9.17) is 0 Å². The first-order valence-electron chi connectivity index (χ1n) is 7.93. The standard InChI is InChI=1S/C18H24FNS/c1-11-6-12(2)8-14(7-11)18(20-3)17-10-13-9-15(19)4-5-16(13)21-17/h4-5,9-12,14,18,20H,6-8H2,1-3H3. The summed E-state index contributed by atoms with van der Waals surface area (Å²) in [6.07, 6.45) is 3.93. The highest BCUT2D eigenvalue weighted by molar-refractivity contribution is 7.19. The van der Waals surface area contributed by atoms with Crippen molar-refractivity contribution in [3.8, 4) is 0 Å². The summed E-state index contributed by atoms with van der Waals surface area (Å²) in [6.45, 7) is 4.74. The van der Waals surface area contributed by atoms with Gasteiger partial charge in [-0.2, -0.15) is 0 Å². The summed E-state index contributed by atoms with van der Waals surface area (Å²) in [6, 6.07) is 7.68. The monoisotopic (exact) mass is 305 g/mol. The molecule has 1 aliphatic rings. The number of thiophene rings is 1. The van der Waals surface area contributed by atoms with Gasteiger partial charge < -0.3 is 5.32 Å². The second-order valence-corrected chi connectivity index (χ2v) is 7.89. The molecule has 2 aromatic rings. The molecule has 1 N–H and O–H groups in total. The molecule has 1 aromatic carbocycles. The molecule has 0 radical (unpaired) electrons. The van der Waals surface area contributed by atoms with Crippen LogP contribution in [0.4, 0.5) is 4.39 Å². The second-order valence-electron chi connectivity index (χ2n) is 6.77. The Hall–Kier alpha value is -0.930. The van der Waals surface area contributed by atoms with Gasteiger partial charge in [-0.05, 0) is 73.7 Å². The maximum atomic E-state index is 13.4. The molecule has 21 heavy (non-hydrogen) atoms. The maximum Gasteiger partial charge on any atom is 0.123 e. The molecule has 0 spiro atoms. The quantitative estimate of drug-likeness (QED) is 0.803. The van der Waals surface area contributed by atoms with E-state index in [0.29, 0.717) is 12.0 Å². The predicted molar refractivity (Wildman–Crippen MR) is 89.3 cm³/mol. The zero-order chi connectivity index (χ0) is 15.0. The van der Waals surface area contributed by atoms with Crippen molar-refractivity contribution in [1.82, 2.24) is 5.32 Å². The molecule has 1 aromatic heterocycles. The summed E-state index contributed by atoms with van der Waals surface area (Å²) in [5, 5.41) is 4.56. The lowest BCUT2D eigenvalue weighted by molar-refractivity contribution is 0.182. The summed E-state index contributed by atoms with van der Waals surface area (Å²) in [7, 11) is 2.06. The van der Waals surface area contributed by atoms with Crippen LogP contribution in [0.3, 0.4) is 0 Å². The average Bonchev–Trinajstić information content (AvgIpc) is 2.81. The molecule has 1 fully saturated rings. The minimum atomic E-state index is -0.146. The molecule has 0 saturated heterocycles. The number of hydrogen-bond donors (Lipinski definition) is 1. The molecular formula is C18H24FNS. The third-order valence-electron chi connectivity index (χ3n) is 4.80. The highest BCUT2D eigenvalue weighted by Crippen LogP contribution is 2.42. The Bertz CT molecular complexity index is 611. The fourth-order valence-corrected chi connectivity index (χ4v) is 5.33. The lowest BCUT2D eigenvalue weighted by Crippen LogP contribution is -2.30. The van der Waals surface area contributed by atoms with Crippen LogP contribution in [0.25, 0.3) is 10.1 Å². The van der Waals surface area contributed by atoms with Crippen LogP contribution in [0.1, 0.15) is 44.0 Å². The molecule has 1 aliphatic carbocycles. The van der Waals surface area contributed by atoms with Crippen LogP contribution in [-0.2, 0) is 0 Å². The second kappa shape index (κ2) is 6.05. The molecule has 3 atom stereocenters. The summed E-state index contributed by atoms with van der Waals surface area (Å²) in [4.78, 5) is 1.35. The Labute approximate surface area is 130 Å². The van der Waals surface area contributed by atoms with E-state index < -0.39 is 0 Å². The fourth-order valence-electron chi connectivity index (χ4n) is 4.08. The van der Waals surface area contributed by atoms with E-state index in [1.54, 1.807) is 23.5 Å². The number of benzene rings is 1. The van der Waals surface area contributed by atoms with Crippen molar-refractivity contribution in [3.63, 3.8) is 0 Å². The summed E-state index contributed by atoms with van der Waals surface area (Å²) >= 11 is 1.81. The maximum absolute atomic E-state index is 13.4. The van der Waals surface area contributed by atoms with E-state index in [1.165, 1.54) is 28.8 Å². The number of rotatable bonds is 3. The first kappa shape index (κ1) is 15.0. The van der Waals surface area contributed by atoms with Crippen LogP contribution in [0, 0.1) is 23.6 Å². The molecule has 114 valence electrons. The lowest BCUT2D eigenvalue weighted by atomic mass is 9.73. The number of hydrogen-bond acceptors (Lipinski definition) is 2. The first-order chi connectivity index (χ1) is 10.1. The summed E-state index contributed by atoms with van der Waals surface area (Å²) < 4.78 is 14.6. The third kappa shape index (κ3) is 3.14. The van der Waals surface area contributed by atoms with Gasteiger partial charge in [-0.15, -0.1) is 11.3 Å². The van der Waals surface area contributed by atoms with Gasteiger partial charge in [-0.1, -0.05) is 13.8 Å². The van der Waals surface area contributed by atoms with E-state index in [2.05, 4.69) is 32.3 Å². The van der Waals surface area contributed by atoms with Gasteiger partial charge in [0.15, 0.2) is 0 Å². The summed E-state index contributed by atoms with van der Waals surface area (Å²) in [5.41, 5.74) is 0. The van der Waals surface area contributed by atoms with Gasteiger partial charge >= 0.3 is 0 Å². The van der Waals surface area contributed by atoms with Crippen molar-refractivity contribution in [1.29, 1.82) is 0 Å². The summed E-state index contributed by atoms with van der Waals surface area (Å²) in [5.74, 6) is 2.15.